The second kappa shape index (κ2) is 3.96. The third-order valence-corrected chi connectivity index (χ3v) is 2.68. The third-order valence-electron chi connectivity index (χ3n) is 2.68. The van der Waals surface area contributed by atoms with Crippen LogP contribution < -0.4 is 5.73 Å². The van der Waals surface area contributed by atoms with Gasteiger partial charge in [0.05, 0.1) is 6.33 Å². The molecule has 0 aliphatic rings. The molecular formula is C12H16N4. The zero-order valence-electron chi connectivity index (χ0n) is 9.81. The Hall–Kier alpha value is -1.84. The molecule has 0 spiro atoms. The first-order valence-electron chi connectivity index (χ1n) is 5.34. The van der Waals surface area contributed by atoms with Crippen LogP contribution in [0.5, 0.6) is 0 Å². The van der Waals surface area contributed by atoms with Crippen molar-refractivity contribution in [2.75, 3.05) is 5.73 Å². The van der Waals surface area contributed by atoms with Gasteiger partial charge in [0.2, 0.25) is 0 Å². The molecule has 0 aliphatic carbocycles. The molecule has 2 aromatic rings. The SMILES string of the molecule is Cc1ccncc1-c1ncn(C(C)C)c1N. The molecule has 0 aliphatic heterocycles. The number of nitrogens with two attached hydrogens (primary N) is 1. The Labute approximate surface area is 95.1 Å². The van der Waals surface area contributed by atoms with Crippen LogP contribution in [0, 0.1) is 6.92 Å². The fraction of sp³-hybridized carbons (Fsp3) is 0.333. The molecule has 4 nitrogen and oxygen atoms in total. The summed E-state index contributed by atoms with van der Waals surface area (Å²) in [6, 6.07) is 2.28. The molecule has 0 unspecified atom stereocenters. The quantitative estimate of drug-likeness (QED) is 0.838. The van der Waals surface area contributed by atoms with E-state index in [9.17, 15) is 0 Å². The fourth-order valence-electron chi connectivity index (χ4n) is 1.70. The van der Waals surface area contributed by atoms with E-state index in [1.807, 2.05) is 17.6 Å². The predicted molar refractivity (Wildman–Crippen MR) is 65.0 cm³/mol. The van der Waals surface area contributed by atoms with Gasteiger partial charge in [-0.3, -0.25) is 4.98 Å². The summed E-state index contributed by atoms with van der Waals surface area (Å²) in [6.07, 6.45) is 5.36. The molecule has 2 aromatic heterocycles. The van der Waals surface area contributed by atoms with Crippen molar-refractivity contribution >= 4 is 5.82 Å². The summed E-state index contributed by atoms with van der Waals surface area (Å²) in [4.78, 5) is 8.48. The Morgan fingerprint density at radius 1 is 1.38 bits per heavy atom. The van der Waals surface area contributed by atoms with Gasteiger partial charge in [0.15, 0.2) is 0 Å². The average molecular weight is 216 g/mol. The topological polar surface area (TPSA) is 56.7 Å². The van der Waals surface area contributed by atoms with E-state index < -0.39 is 0 Å². The van der Waals surface area contributed by atoms with Crippen LogP contribution in [0.4, 0.5) is 5.82 Å². The minimum absolute atomic E-state index is 0.318. The van der Waals surface area contributed by atoms with E-state index >= 15 is 0 Å². The van der Waals surface area contributed by atoms with Crippen molar-refractivity contribution in [3.05, 3.63) is 30.4 Å². The summed E-state index contributed by atoms with van der Waals surface area (Å²) in [5.41, 5.74) is 9.03. The van der Waals surface area contributed by atoms with Crippen molar-refractivity contribution in [1.82, 2.24) is 14.5 Å². The van der Waals surface area contributed by atoms with Crippen molar-refractivity contribution < 1.29 is 0 Å². The maximum absolute atomic E-state index is 6.08. The lowest BCUT2D eigenvalue weighted by Gasteiger charge is -2.09. The molecule has 84 valence electrons. The van der Waals surface area contributed by atoms with Crippen LogP contribution in [-0.4, -0.2) is 14.5 Å². The zero-order chi connectivity index (χ0) is 11.7. The summed E-state index contributed by atoms with van der Waals surface area (Å²) in [5, 5.41) is 0. The molecule has 0 saturated heterocycles. The van der Waals surface area contributed by atoms with Crippen LogP contribution in [0.1, 0.15) is 25.5 Å². The van der Waals surface area contributed by atoms with E-state index in [1.54, 1.807) is 18.7 Å². The molecule has 16 heavy (non-hydrogen) atoms. The molecule has 2 rings (SSSR count). The van der Waals surface area contributed by atoms with E-state index in [4.69, 9.17) is 5.73 Å². The summed E-state index contributed by atoms with van der Waals surface area (Å²) >= 11 is 0. The van der Waals surface area contributed by atoms with Gasteiger partial charge in [0.25, 0.3) is 0 Å². The van der Waals surface area contributed by atoms with Crippen LogP contribution in [-0.2, 0) is 0 Å². The number of imidazole rings is 1. The summed E-state index contributed by atoms with van der Waals surface area (Å²) in [6.45, 7) is 6.20. The molecule has 0 aromatic carbocycles. The minimum Gasteiger partial charge on any atom is -0.383 e. The normalized spacial score (nSPS) is 11.0. The summed E-state index contributed by atoms with van der Waals surface area (Å²) in [5.74, 6) is 0.700. The Balaban J connectivity index is 2.54. The highest BCUT2D eigenvalue weighted by molar-refractivity contribution is 5.72. The summed E-state index contributed by atoms with van der Waals surface area (Å²) in [7, 11) is 0. The standard InChI is InChI=1S/C12H16N4/c1-8(2)16-7-15-11(12(16)13)10-6-14-5-4-9(10)3/h4-8H,13H2,1-3H3. The molecule has 0 amide bonds. The molecule has 0 radical (unpaired) electrons. The lowest BCUT2D eigenvalue weighted by atomic mass is 10.1. The monoisotopic (exact) mass is 216 g/mol. The first kappa shape index (κ1) is 10.7. The Morgan fingerprint density at radius 2 is 2.12 bits per heavy atom. The molecule has 2 heterocycles. The van der Waals surface area contributed by atoms with Crippen LogP contribution >= 0.6 is 0 Å². The number of anilines is 1. The molecule has 0 bridgehead atoms. The van der Waals surface area contributed by atoms with E-state index in [2.05, 4.69) is 23.8 Å². The smallest absolute Gasteiger partial charge is 0.131 e. The lowest BCUT2D eigenvalue weighted by molar-refractivity contribution is 0.607. The predicted octanol–water partition coefficient (Wildman–Crippen LogP) is 2.42. The number of nitrogen functional groups attached to an aromatic ring is 1. The molecule has 4 heteroatoms. The van der Waals surface area contributed by atoms with Gasteiger partial charge < -0.3 is 10.3 Å². The van der Waals surface area contributed by atoms with Gasteiger partial charge in [-0.15, -0.1) is 0 Å². The first-order valence-corrected chi connectivity index (χ1v) is 5.34. The van der Waals surface area contributed by atoms with Crippen LogP contribution in [0.25, 0.3) is 11.3 Å². The molecule has 0 saturated carbocycles. The van der Waals surface area contributed by atoms with Gasteiger partial charge in [-0.2, -0.15) is 0 Å². The fourth-order valence-corrected chi connectivity index (χ4v) is 1.70. The van der Waals surface area contributed by atoms with E-state index in [0.717, 1.165) is 16.8 Å². The Morgan fingerprint density at radius 3 is 2.69 bits per heavy atom. The van der Waals surface area contributed by atoms with E-state index in [0.29, 0.717) is 11.9 Å². The number of aryl methyl sites for hydroxylation is 1. The molecule has 0 atom stereocenters. The van der Waals surface area contributed by atoms with E-state index in [-0.39, 0.29) is 0 Å². The number of hydrogen-bond acceptors (Lipinski definition) is 3. The number of pyridine rings is 1. The maximum Gasteiger partial charge on any atom is 0.131 e. The van der Waals surface area contributed by atoms with Gasteiger partial charge in [-0.1, -0.05) is 0 Å². The van der Waals surface area contributed by atoms with Crippen LogP contribution in [0.15, 0.2) is 24.8 Å². The van der Waals surface area contributed by atoms with Crippen molar-refractivity contribution in [2.24, 2.45) is 0 Å². The van der Waals surface area contributed by atoms with Gasteiger partial charge in [0, 0.05) is 24.0 Å². The highest BCUT2D eigenvalue weighted by Gasteiger charge is 2.13. The second-order valence-electron chi connectivity index (χ2n) is 4.17. The Kier molecular flexibility index (Phi) is 2.64. The van der Waals surface area contributed by atoms with Crippen molar-refractivity contribution in [2.45, 2.75) is 26.8 Å². The maximum atomic E-state index is 6.08. The average Bonchev–Trinajstić information content (AvgIpc) is 2.61. The van der Waals surface area contributed by atoms with Crippen molar-refractivity contribution in [3.8, 4) is 11.3 Å². The van der Waals surface area contributed by atoms with Crippen LogP contribution in [0.2, 0.25) is 0 Å². The molecule has 0 fully saturated rings. The van der Waals surface area contributed by atoms with Gasteiger partial charge in [-0.05, 0) is 32.4 Å². The van der Waals surface area contributed by atoms with Gasteiger partial charge in [0.1, 0.15) is 11.5 Å². The van der Waals surface area contributed by atoms with Crippen LogP contribution in [0.3, 0.4) is 0 Å². The minimum atomic E-state index is 0.318. The van der Waals surface area contributed by atoms with Crippen molar-refractivity contribution in [3.63, 3.8) is 0 Å². The number of rotatable bonds is 2. The van der Waals surface area contributed by atoms with Crippen molar-refractivity contribution in [1.29, 1.82) is 0 Å². The molecule has 2 N–H and O–H groups in total. The number of hydrogen-bond donors (Lipinski definition) is 1. The third kappa shape index (κ3) is 1.66. The Bertz CT molecular complexity index is 499. The largest absolute Gasteiger partial charge is 0.383 e. The highest BCUT2D eigenvalue weighted by atomic mass is 15.1. The summed E-state index contributed by atoms with van der Waals surface area (Å²) < 4.78 is 1.96. The first-order chi connectivity index (χ1) is 7.61. The number of aromatic nitrogens is 3. The second-order valence-corrected chi connectivity index (χ2v) is 4.17. The lowest BCUT2D eigenvalue weighted by Crippen LogP contribution is -2.04. The zero-order valence-corrected chi connectivity index (χ0v) is 9.81. The van der Waals surface area contributed by atoms with E-state index in [1.165, 1.54) is 0 Å². The highest BCUT2D eigenvalue weighted by Crippen LogP contribution is 2.27. The van der Waals surface area contributed by atoms with Gasteiger partial charge in [-0.25, -0.2) is 4.98 Å². The molecular weight excluding hydrogens is 200 g/mol. The number of nitrogens with zero attached hydrogens (tertiary/aromatic N) is 3. The van der Waals surface area contributed by atoms with Gasteiger partial charge >= 0.3 is 0 Å².